The molecule has 102 valence electrons. The molecule has 0 heterocycles. The summed E-state index contributed by atoms with van der Waals surface area (Å²) in [5.74, 6) is 0.863. The van der Waals surface area contributed by atoms with Crippen LogP contribution in [-0.2, 0) is 0 Å². The minimum Gasteiger partial charge on any atom is -0.485 e. The first-order valence-corrected chi connectivity index (χ1v) is 6.59. The number of rotatable bonds is 6. The highest BCUT2D eigenvalue weighted by Gasteiger charge is 2.13. The Labute approximate surface area is 118 Å². The molecule has 20 heavy (non-hydrogen) atoms. The quantitative estimate of drug-likeness (QED) is 0.420. The van der Waals surface area contributed by atoms with Crippen LogP contribution in [0.2, 0.25) is 0 Å². The van der Waals surface area contributed by atoms with Gasteiger partial charge in [0.1, 0.15) is 11.9 Å². The fraction of sp³-hybridized carbons (Fsp3) is 0.250. The molecule has 4 nitrogen and oxygen atoms in total. The lowest BCUT2D eigenvalue weighted by Crippen LogP contribution is -2.09. The van der Waals surface area contributed by atoms with Gasteiger partial charge >= 0.3 is 0 Å². The molecule has 4 heteroatoms. The molecule has 2 rings (SSSR count). The van der Waals surface area contributed by atoms with Gasteiger partial charge in [-0.25, -0.2) is 0 Å². The van der Waals surface area contributed by atoms with E-state index >= 15 is 0 Å². The molecule has 1 atom stereocenters. The van der Waals surface area contributed by atoms with Crippen molar-refractivity contribution in [1.82, 2.24) is 0 Å². The number of hydrogen-bond donors (Lipinski definition) is 0. The minimum atomic E-state index is -0.109. The summed E-state index contributed by atoms with van der Waals surface area (Å²) < 4.78 is 6.09. The van der Waals surface area contributed by atoms with Crippen molar-refractivity contribution in [1.29, 1.82) is 0 Å². The van der Waals surface area contributed by atoms with E-state index in [1.807, 2.05) is 61.5 Å². The van der Waals surface area contributed by atoms with Crippen LogP contribution in [0.25, 0.3) is 10.4 Å². The molecular weight excluding hydrogens is 250 g/mol. The van der Waals surface area contributed by atoms with Crippen LogP contribution in [-0.4, -0.2) is 6.54 Å². The molecule has 0 aliphatic rings. The van der Waals surface area contributed by atoms with Gasteiger partial charge in [0.25, 0.3) is 0 Å². The van der Waals surface area contributed by atoms with Crippen LogP contribution in [0.1, 0.15) is 23.7 Å². The zero-order valence-corrected chi connectivity index (χ0v) is 11.4. The van der Waals surface area contributed by atoms with E-state index in [4.69, 9.17) is 10.3 Å². The molecule has 0 aromatic heterocycles. The highest BCUT2D eigenvalue weighted by atomic mass is 16.5. The highest BCUT2D eigenvalue weighted by molar-refractivity contribution is 5.33. The lowest BCUT2D eigenvalue weighted by Gasteiger charge is -2.20. The molecule has 0 aliphatic carbocycles. The van der Waals surface area contributed by atoms with Crippen LogP contribution in [0, 0.1) is 6.92 Å². The summed E-state index contributed by atoms with van der Waals surface area (Å²) in [5, 5.41) is 3.60. The molecule has 0 saturated carbocycles. The number of azide groups is 1. The summed E-state index contributed by atoms with van der Waals surface area (Å²) in [7, 11) is 0. The van der Waals surface area contributed by atoms with Gasteiger partial charge in [-0.3, -0.25) is 0 Å². The molecule has 0 fully saturated rings. The van der Waals surface area contributed by atoms with Crippen molar-refractivity contribution in [2.75, 3.05) is 6.54 Å². The van der Waals surface area contributed by atoms with E-state index in [-0.39, 0.29) is 6.10 Å². The van der Waals surface area contributed by atoms with Gasteiger partial charge in [-0.15, -0.1) is 0 Å². The third-order valence-corrected chi connectivity index (χ3v) is 3.09. The zero-order valence-electron chi connectivity index (χ0n) is 11.4. The summed E-state index contributed by atoms with van der Waals surface area (Å²) in [6, 6.07) is 17.9. The van der Waals surface area contributed by atoms with Gasteiger partial charge in [-0.1, -0.05) is 53.6 Å². The van der Waals surface area contributed by atoms with Crippen molar-refractivity contribution in [3.8, 4) is 5.75 Å². The Morgan fingerprint density at radius 3 is 2.50 bits per heavy atom. The van der Waals surface area contributed by atoms with Crippen LogP contribution in [0.3, 0.4) is 0 Å². The van der Waals surface area contributed by atoms with Crippen LogP contribution in [0.5, 0.6) is 5.75 Å². The maximum Gasteiger partial charge on any atom is 0.124 e. The van der Waals surface area contributed by atoms with Crippen LogP contribution in [0.15, 0.2) is 59.7 Å². The molecule has 0 radical (unpaired) electrons. The number of hydrogen-bond acceptors (Lipinski definition) is 2. The molecule has 0 saturated heterocycles. The Hall–Kier alpha value is -2.45. The van der Waals surface area contributed by atoms with Crippen LogP contribution >= 0.6 is 0 Å². The first kappa shape index (κ1) is 14.0. The highest BCUT2D eigenvalue weighted by Crippen LogP contribution is 2.27. The number of aryl methyl sites for hydroxylation is 1. The number of nitrogens with zero attached hydrogens (tertiary/aromatic N) is 3. The lowest BCUT2D eigenvalue weighted by molar-refractivity contribution is 0.196. The summed E-state index contributed by atoms with van der Waals surface area (Å²) in [6.45, 7) is 2.44. The van der Waals surface area contributed by atoms with E-state index < -0.39 is 0 Å². The summed E-state index contributed by atoms with van der Waals surface area (Å²) in [5.41, 5.74) is 10.6. The molecule has 0 bridgehead atoms. The van der Waals surface area contributed by atoms with Gasteiger partial charge in [0.2, 0.25) is 0 Å². The molecule has 2 aromatic rings. The number of para-hydroxylation sites is 1. The second-order valence-corrected chi connectivity index (χ2v) is 4.53. The molecule has 2 aromatic carbocycles. The lowest BCUT2D eigenvalue weighted by atomic mass is 10.1. The maximum atomic E-state index is 8.40. The molecule has 1 unspecified atom stereocenters. The van der Waals surface area contributed by atoms with E-state index in [2.05, 4.69) is 10.0 Å². The summed E-state index contributed by atoms with van der Waals surface area (Å²) >= 11 is 0. The summed E-state index contributed by atoms with van der Waals surface area (Å²) in [6.07, 6.45) is 0.547. The number of benzene rings is 2. The second kappa shape index (κ2) is 7.22. The van der Waals surface area contributed by atoms with Crippen molar-refractivity contribution in [3.63, 3.8) is 0 Å². The third kappa shape index (κ3) is 3.77. The maximum absolute atomic E-state index is 8.40. The average Bonchev–Trinajstić information content (AvgIpc) is 2.49. The van der Waals surface area contributed by atoms with Gasteiger partial charge < -0.3 is 4.74 Å². The van der Waals surface area contributed by atoms with Crippen molar-refractivity contribution < 1.29 is 4.74 Å². The molecule has 0 N–H and O–H groups in total. The average molecular weight is 267 g/mol. The monoisotopic (exact) mass is 267 g/mol. The first-order chi connectivity index (χ1) is 9.81. The predicted molar refractivity (Wildman–Crippen MR) is 79.6 cm³/mol. The van der Waals surface area contributed by atoms with Gasteiger partial charge in [-0.2, -0.15) is 0 Å². The molecule has 0 aliphatic heterocycles. The molecular formula is C16H17N3O. The van der Waals surface area contributed by atoms with E-state index in [1.54, 1.807) is 0 Å². The Balaban J connectivity index is 2.18. The standard InChI is InChI=1S/C16H17N3O/c1-13-7-5-6-10-15(13)20-16(11-12-18-19-17)14-8-3-2-4-9-14/h2-10,16H,11-12H2,1H3. The van der Waals surface area contributed by atoms with E-state index in [0.717, 1.165) is 16.9 Å². The van der Waals surface area contributed by atoms with Gasteiger partial charge in [0.15, 0.2) is 0 Å². The number of ether oxygens (including phenoxy) is 1. The van der Waals surface area contributed by atoms with Gasteiger partial charge in [-0.05, 0) is 36.1 Å². The van der Waals surface area contributed by atoms with Crippen LogP contribution in [0.4, 0.5) is 0 Å². The van der Waals surface area contributed by atoms with Crippen molar-refractivity contribution >= 4 is 0 Å². The summed E-state index contributed by atoms with van der Waals surface area (Å²) in [4.78, 5) is 2.80. The topological polar surface area (TPSA) is 58.0 Å². The van der Waals surface area contributed by atoms with E-state index in [9.17, 15) is 0 Å². The zero-order chi connectivity index (χ0) is 14.2. The van der Waals surface area contributed by atoms with Crippen molar-refractivity contribution in [2.24, 2.45) is 5.11 Å². The van der Waals surface area contributed by atoms with Crippen molar-refractivity contribution in [2.45, 2.75) is 19.4 Å². The van der Waals surface area contributed by atoms with E-state index in [1.165, 1.54) is 0 Å². The predicted octanol–water partition coefficient (Wildman–Crippen LogP) is 4.82. The fourth-order valence-corrected chi connectivity index (χ4v) is 2.02. The fourth-order valence-electron chi connectivity index (χ4n) is 2.02. The minimum absolute atomic E-state index is 0.109. The molecule has 0 amide bonds. The second-order valence-electron chi connectivity index (χ2n) is 4.53. The Morgan fingerprint density at radius 2 is 1.80 bits per heavy atom. The largest absolute Gasteiger partial charge is 0.485 e. The van der Waals surface area contributed by atoms with Crippen LogP contribution < -0.4 is 4.74 Å². The first-order valence-electron chi connectivity index (χ1n) is 6.59. The normalized spacial score (nSPS) is 11.4. The Kier molecular flexibility index (Phi) is 5.04. The van der Waals surface area contributed by atoms with Gasteiger partial charge in [0, 0.05) is 11.5 Å². The molecule has 0 spiro atoms. The Bertz CT molecular complexity index is 592. The smallest absolute Gasteiger partial charge is 0.124 e. The van der Waals surface area contributed by atoms with Gasteiger partial charge in [0.05, 0.1) is 0 Å². The van der Waals surface area contributed by atoms with E-state index in [0.29, 0.717) is 13.0 Å². The van der Waals surface area contributed by atoms with Crippen molar-refractivity contribution in [3.05, 3.63) is 76.2 Å². The third-order valence-electron chi connectivity index (χ3n) is 3.09. The Morgan fingerprint density at radius 1 is 1.10 bits per heavy atom. The SMILES string of the molecule is Cc1ccccc1OC(CCN=[N+]=[N-])c1ccccc1.